The second-order valence-corrected chi connectivity index (χ2v) is 15.6. The molecule has 0 unspecified atom stereocenters. The van der Waals surface area contributed by atoms with Crippen LogP contribution in [0.4, 0.5) is 0 Å². The summed E-state index contributed by atoms with van der Waals surface area (Å²) >= 11 is 0. The Morgan fingerprint density at radius 1 is 0.621 bits per heavy atom. The van der Waals surface area contributed by atoms with Gasteiger partial charge in [0.2, 0.25) is 0 Å². The van der Waals surface area contributed by atoms with Crippen molar-refractivity contribution in [3.05, 3.63) is 0 Å². The maximum atomic E-state index is 9.44. The fourth-order valence-corrected chi connectivity index (χ4v) is 14.0. The summed E-state index contributed by atoms with van der Waals surface area (Å²) in [6, 6.07) is 2.58. The molecule has 2 heteroatoms. The molecule has 0 N–H and O–H groups in total. The third kappa shape index (κ3) is 8.90. The fourth-order valence-electron chi connectivity index (χ4n) is 6.86. The molecule has 170 valence electrons. The van der Waals surface area contributed by atoms with Crippen LogP contribution in [-0.2, 0) is 0 Å². The fraction of sp³-hybridized carbons (Fsp3) is 0.963. The molecule has 0 saturated heterocycles. The van der Waals surface area contributed by atoms with Gasteiger partial charge in [-0.25, -0.2) is 0 Å². The molecule has 0 aromatic heterocycles. The van der Waals surface area contributed by atoms with Crippen LogP contribution in [0.1, 0.15) is 142 Å². The molecule has 2 aliphatic rings. The summed E-state index contributed by atoms with van der Waals surface area (Å²) in [6.07, 6.45) is 33.2. The van der Waals surface area contributed by atoms with Crippen molar-refractivity contribution >= 4 is 7.26 Å². The van der Waals surface area contributed by atoms with E-state index in [9.17, 15) is 5.26 Å². The van der Waals surface area contributed by atoms with Gasteiger partial charge in [0.1, 0.15) is 0 Å². The van der Waals surface area contributed by atoms with Gasteiger partial charge in [-0.2, -0.15) is 0 Å². The number of hydrogen-bond acceptors (Lipinski definition) is 1. The van der Waals surface area contributed by atoms with Crippen LogP contribution in [0.15, 0.2) is 0 Å². The van der Waals surface area contributed by atoms with Crippen LogP contribution in [0, 0.1) is 11.3 Å². The molecule has 0 bridgehead atoms. The molecule has 2 fully saturated rings. The second-order valence-electron chi connectivity index (χ2n) is 10.5. The summed E-state index contributed by atoms with van der Waals surface area (Å²) in [5, 5.41) is 9.44. The minimum absolute atomic E-state index is 0.858. The molecule has 29 heavy (non-hydrogen) atoms. The zero-order chi connectivity index (χ0) is 20.6. The first kappa shape index (κ1) is 25.2. The van der Waals surface area contributed by atoms with Crippen LogP contribution in [-0.4, -0.2) is 23.6 Å². The number of nitriles is 1. The van der Waals surface area contributed by atoms with Gasteiger partial charge >= 0.3 is 184 Å². The Bertz CT molecular complexity index is 410. The molecule has 0 heterocycles. The van der Waals surface area contributed by atoms with Crippen molar-refractivity contribution in [3.8, 4) is 6.07 Å². The third-order valence-electron chi connectivity index (χ3n) is 8.53. The molecule has 0 amide bonds. The van der Waals surface area contributed by atoms with Crippen molar-refractivity contribution in [2.75, 3.05) is 12.3 Å². The molecule has 0 aliphatic heterocycles. The summed E-state index contributed by atoms with van der Waals surface area (Å²) in [6.45, 7) is 2.31. The first-order valence-corrected chi connectivity index (χ1v) is 16.3. The summed E-state index contributed by atoms with van der Waals surface area (Å²) in [4.78, 5) is 0. The van der Waals surface area contributed by atoms with E-state index < -0.39 is 7.26 Å². The van der Waals surface area contributed by atoms with Crippen LogP contribution in [0.5, 0.6) is 0 Å². The molecule has 0 aromatic carbocycles. The Labute approximate surface area is 184 Å². The topological polar surface area (TPSA) is 23.8 Å². The third-order valence-corrected chi connectivity index (χ3v) is 15.4. The number of rotatable bonds is 15. The molecule has 0 radical (unpaired) electrons. The van der Waals surface area contributed by atoms with Gasteiger partial charge in [0, 0.05) is 0 Å². The maximum absolute atomic E-state index is 9.44. The van der Waals surface area contributed by atoms with Crippen molar-refractivity contribution in [2.24, 2.45) is 0 Å². The van der Waals surface area contributed by atoms with E-state index in [4.69, 9.17) is 0 Å². The van der Waals surface area contributed by atoms with Gasteiger partial charge in [-0.3, -0.25) is 0 Å². The molecular weight excluding hydrogens is 369 g/mol. The molecule has 2 saturated carbocycles. The van der Waals surface area contributed by atoms with E-state index >= 15 is 0 Å². The second kappa shape index (κ2) is 15.7. The normalized spacial score (nSPS) is 19.9. The van der Waals surface area contributed by atoms with E-state index in [1.54, 1.807) is 6.16 Å². The molecule has 0 aromatic rings. The van der Waals surface area contributed by atoms with E-state index in [0.717, 1.165) is 17.7 Å². The Hall–Kier alpha value is -0.0800. The minimum atomic E-state index is -1.33. The molecule has 2 rings (SSSR count). The van der Waals surface area contributed by atoms with Crippen LogP contribution < -0.4 is 0 Å². The monoisotopic (exact) mass is 421 g/mol. The van der Waals surface area contributed by atoms with E-state index in [1.165, 1.54) is 135 Å². The molecule has 0 atom stereocenters. The van der Waals surface area contributed by atoms with Gasteiger partial charge in [0.15, 0.2) is 0 Å². The zero-order valence-electron chi connectivity index (χ0n) is 19.9. The number of hydrogen-bond donors (Lipinski definition) is 0. The summed E-state index contributed by atoms with van der Waals surface area (Å²) < 4.78 is 0. The molecule has 1 nitrogen and oxygen atoms in total. The van der Waals surface area contributed by atoms with Crippen LogP contribution in [0.3, 0.4) is 0 Å². The summed E-state index contributed by atoms with van der Waals surface area (Å²) in [5.41, 5.74) is 2.12. The summed E-state index contributed by atoms with van der Waals surface area (Å²) in [5.74, 6) is 0. The number of unbranched alkanes of at least 4 members (excludes halogenated alkanes) is 9. The standard InChI is InChI=1S/C27H52NP/c1-2-3-4-5-6-7-8-9-10-17-24-29(25-18-23-28,26-19-13-11-14-20-26)27-21-15-12-16-22-27/h26-27,29H,2-22,24-25H2,1H3. The van der Waals surface area contributed by atoms with Crippen LogP contribution in [0.2, 0.25) is 0 Å². The van der Waals surface area contributed by atoms with Crippen LogP contribution >= 0.6 is 7.26 Å². The van der Waals surface area contributed by atoms with E-state index in [-0.39, 0.29) is 0 Å². The Morgan fingerprint density at radius 3 is 1.52 bits per heavy atom. The Balaban J connectivity index is 1.83. The van der Waals surface area contributed by atoms with Gasteiger partial charge in [0.05, 0.1) is 0 Å². The first-order valence-electron chi connectivity index (χ1n) is 13.7. The van der Waals surface area contributed by atoms with Gasteiger partial charge < -0.3 is 0 Å². The predicted molar refractivity (Wildman–Crippen MR) is 134 cm³/mol. The van der Waals surface area contributed by atoms with Gasteiger partial charge in [-0.1, -0.05) is 0 Å². The summed E-state index contributed by atoms with van der Waals surface area (Å²) in [7, 11) is -1.33. The first-order chi connectivity index (χ1) is 14.3. The van der Waals surface area contributed by atoms with Crippen molar-refractivity contribution in [2.45, 2.75) is 153 Å². The zero-order valence-corrected chi connectivity index (χ0v) is 20.9. The SMILES string of the molecule is CCCCCCCCCCCC[PH](CCC#N)(C1CCCCC1)C1CCCCC1. The van der Waals surface area contributed by atoms with E-state index in [1.807, 2.05) is 0 Å². The molecule has 0 spiro atoms. The van der Waals surface area contributed by atoms with Gasteiger partial charge in [0.25, 0.3) is 0 Å². The van der Waals surface area contributed by atoms with Crippen molar-refractivity contribution in [1.82, 2.24) is 0 Å². The van der Waals surface area contributed by atoms with Gasteiger partial charge in [-0.05, 0) is 0 Å². The number of nitrogens with zero attached hydrogens (tertiary/aromatic N) is 1. The van der Waals surface area contributed by atoms with Crippen LogP contribution in [0.25, 0.3) is 0 Å². The Kier molecular flexibility index (Phi) is 13.6. The van der Waals surface area contributed by atoms with Crippen molar-refractivity contribution in [1.29, 1.82) is 5.26 Å². The average Bonchev–Trinajstić information content (AvgIpc) is 2.78. The molecular formula is C27H52NP. The molecule has 2 aliphatic carbocycles. The van der Waals surface area contributed by atoms with Gasteiger partial charge in [-0.15, -0.1) is 0 Å². The quantitative estimate of drug-likeness (QED) is 0.191. The van der Waals surface area contributed by atoms with E-state index in [2.05, 4.69) is 13.0 Å². The van der Waals surface area contributed by atoms with Crippen molar-refractivity contribution in [3.63, 3.8) is 0 Å². The van der Waals surface area contributed by atoms with E-state index in [0.29, 0.717) is 0 Å². The Morgan fingerprint density at radius 2 is 1.07 bits per heavy atom. The predicted octanol–water partition coefficient (Wildman–Crippen LogP) is 9.24. The average molecular weight is 422 g/mol. The van der Waals surface area contributed by atoms with Crippen molar-refractivity contribution < 1.29 is 0 Å².